The zero-order valence-electron chi connectivity index (χ0n) is 25.2. The lowest BCUT2D eigenvalue weighted by molar-refractivity contribution is 0.411. The molecule has 0 bridgehead atoms. The Morgan fingerprint density at radius 3 is 1.36 bits per heavy atom. The molecule has 6 rings (SSSR count). The minimum absolute atomic E-state index is 0.344. The quantitative estimate of drug-likeness (QED) is 0.180. The van der Waals surface area contributed by atoms with Crippen LogP contribution < -0.4 is 30.7 Å². The van der Waals surface area contributed by atoms with Gasteiger partial charge in [0.05, 0.1) is 14.2 Å². The Balaban J connectivity index is 1.61. The van der Waals surface area contributed by atoms with Gasteiger partial charge in [0, 0.05) is 11.1 Å². The molecule has 4 aromatic carbocycles. The van der Waals surface area contributed by atoms with Gasteiger partial charge in [-0.25, -0.2) is 0 Å². The van der Waals surface area contributed by atoms with Crippen molar-refractivity contribution in [3.63, 3.8) is 0 Å². The summed E-state index contributed by atoms with van der Waals surface area (Å²) in [5.74, 6) is 1.92. The molecule has 0 aromatic heterocycles. The van der Waals surface area contributed by atoms with Crippen LogP contribution >= 0.6 is 15.8 Å². The van der Waals surface area contributed by atoms with E-state index >= 15 is 0 Å². The van der Waals surface area contributed by atoms with Gasteiger partial charge in [-0.2, -0.15) is 0 Å². The molecule has 2 nitrogen and oxygen atoms in total. The van der Waals surface area contributed by atoms with Crippen molar-refractivity contribution in [2.75, 3.05) is 14.2 Å². The normalized spacial score (nSPS) is 16.6. The van der Waals surface area contributed by atoms with Crippen LogP contribution in [0, 0.1) is 0 Å². The summed E-state index contributed by atoms with van der Waals surface area (Å²) in [6.07, 6.45) is 13.8. The molecule has 2 aliphatic carbocycles. The van der Waals surface area contributed by atoms with E-state index < -0.39 is 7.92 Å². The molecule has 0 heterocycles. The first-order valence-corrected chi connectivity index (χ1v) is 18.6. The van der Waals surface area contributed by atoms with Crippen LogP contribution in [0.3, 0.4) is 0 Å². The molecule has 2 fully saturated rings. The highest BCUT2D eigenvalue weighted by molar-refractivity contribution is 7.80. The molecule has 0 radical (unpaired) electrons. The zero-order valence-corrected chi connectivity index (χ0v) is 27.0. The third-order valence-corrected chi connectivity index (χ3v) is 15.2. The molecule has 0 aliphatic heterocycles. The molecule has 0 saturated heterocycles. The maximum Gasteiger partial charge on any atom is 0.127 e. The van der Waals surface area contributed by atoms with E-state index in [1.54, 1.807) is 5.30 Å². The van der Waals surface area contributed by atoms with Crippen molar-refractivity contribution < 1.29 is 9.47 Å². The van der Waals surface area contributed by atoms with Crippen molar-refractivity contribution >= 4 is 37.1 Å². The summed E-state index contributed by atoms with van der Waals surface area (Å²) in [4.78, 5) is 0. The van der Waals surface area contributed by atoms with E-state index in [0.717, 1.165) is 22.8 Å². The number of methoxy groups -OCH3 is 2. The van der Waals surface area contributed by atoms with Crippen LogP contribution in [0.2, 0.25) is 0 Å². The number of hydrogen-bond acceptors (Lipinski definition) is 2. The molecular formula is C38H44O2P2. The topological polar surface area (TPSA) is 18.5 Å². The smallest absolute Gasteiger partial charge is 0.127 e. The van der Waals surface area contributed by atoms with Crippen molar-refractivity contribution in [1.82, 2.24) is 0 Å². The van der Waals surface area contributed by atoms with E-state index in [1.165, 1.54) is 91.2 Å². The summed E-state index contributed by atoms with van der Waals surface area (Å²) >= 11 is 0. The van der Waals surface area contributed by atoms with Gasteiger partial charge in [-0.3, -0.25) is 0 Å². The Hall–Kier alpha value is -2.66. The summed E-state index contributed by atoms with van der Waals surface area (Å²) in [6, 6.07) is 35.7. The summed E-state index contributed by atoms with van der Waals surface area (Å²) in [7, 11) is 2.51. The zero-order chi connectivity index (χ0) is 28.7. The Labute approximate surface area is 255 Å². The summed E-state index contributed by atoms with van der Waals surface area (Å²) < 4.78 is 12.5. The predicted molar refractivity (Wildman–Crippen MR) is 184 cm³/mol. The van der Waals surface area contributed by atoms with E-state index in [1.807, 2.05) is 14.2 Å². The molecule has 4 aromatic rings. The monoisotopic (exact) mass is 594 g/mol. The van der Waals surface area contributed by atoms with Crippen LogP contribution in [-0.4, -0.2) is 25.5 Å². The lowest BCUT2D eigenvalue weighted by Gasteiger charge is -2.40. The molecule has 0 spiro atoms. The standard InChI is InChI=1S/C38H44O2P2/c1-39-33-25-15-27-35(41(29-17-7-3-8-18-29)30-19-9-4-10-20-30)37(33)38-34(40-2)26-16-28-36(38)42(31-21-11-5-12-22-31)32-23-13-6-14-24-32/h3-4,7-10,15-20,25-28,31-32H,5-6,11-14,21-24H2,1-2H3. The molecule has 2 saturated carbocycles. The number of rotatable bonds is 9. The third kappa shape index (κ3) is 6.18. The van der Waals surface area contributed by atoms with E-state index in [0.29, 0.717) is 0 Å². The highest BCUT2D eigenvalue weighted by Gasteiger charge is 2.36. The minimum Gasteiger partial charge on any atom is -0.496 e. The lowest BCUT2D eigenvalue weighted by Crippen LogP contribution is -2.29. The average molecular weight is 595 g/mol. The molecule has 42 heavy (non-hydrogen) atoms. The van der Waals surface area contributed by atoms with Crippen molar-refractivity contribution in [3.05, 3.63) is 97.1 Å². The van der Waals surface area contributed by atoms with Gasteiger partial charge >= 0.3 is 0 Å². The van der Waals surface area contributed by atoms with Crippen LogP contribution in [0.15, 0.2) is 97.1 Å². The molecule has 218 valence electrons. The van der Waals surface area contributed by atoms with Crippen molar-refractivity contribution in [3.8, 4) is 22.6 Å². The lowest BCUT2D eigenvalue weighted by atomic mass is 9.99. The van der Waals surface area contributed by atoms with Gasteiger partial charge in [0.25, 0.3) is 0 Å². The first-order chi connectivity index (χ1) is 20.8. The molecule has 0 N–H and O–H groups in total. The largest absolute Gasteiger partial charge is 0.496 e. The molecule has 2 aliphatic rings. The van der Waals surface area contributed by atoms with E-state index in [4.69, 9.17) is 9.47 Å². The molecule has 0 atom stereocenters. The Kier molecular flexibility index (Phi) is 9.95. The van der Waals surface area contributed by atoms with E-state index in [-0.39, 0.29) is 7.92 Å². The second kappa shape index (κ2) is 14.2. The van der Waals surface area contributed by atoms with Gasteiger partial charge in [0.15, 0.2) is 0 Å². The minimum atomic E-state index is -0.819. The van der Waals surface area contributed by atoms with Gasteiger partial charge in [-0.15, -0.1) is 0 Å². The first-order valence-electron chi connectivity index (χ1n) is 15.8. The van der Waals surface area contributed by atoms with Crippen molar-refractivity contribution in [2.45, 2.75) is 75.5 Å². The SMILES string of the molecule is COc1cccc(P(c2ccccc2)c2ccccc2)c1-c1c(OC)cccc1P(C1CCCCC1)C1CCCCC1. The van der Waals surface area contributed by atoms with Crippen molar-refractivity contribution in [1.29, 1.82) is 0 Å². The van der Waals surface area contributed by atoms with Crippen LogP contribution in [0.1, 0.15) is 64.2 Å². The average Bonchev–Trinajstić information content (AvgIpc) is 3.07. The fraction of sp³-hybridized carbons (Fsp3) is 0.368. The number of ether oxygens (including phenoxy) is 2. The number of hydrogen-bond donors (Lipinski definition) is 0. The summed E-state index contributed by atoms with van der Waals surface area (Å²) in [6.45, 7) is 0. The fourth-order valence-corrected chi connectivity index (χ4v) is 13.7. The maximum absolute atomic E-state index is 6.27. The Bertz CT molecular complexity index is 1370. The number of benzene rings is 4. The molecule has 4 heteroatoms. The van der Waals surface area contributed by atoms with E-state index in [9.17, 15) is 0 Å². The van der Waals surface area contributed by atoms with E-state index in [2.05, 4.69) is 97.1 Å². The van der Waals surface area contributed by atoms with Crippen molar-refractivity contribution in [2.24, 2.45) is 0 Å². The highest BCUT2D eigenvalue weighted by Crippen LogP contribution is 2.57. The maximum atomic E-state index is 6.27. The predicted octanol–water partition coefficient (Wildman–Crippen LogP) is 8.90. The van der Waals surface area contributed by atoms with Gasteiger partial charge in [0.2, 0.25) is 0 Å². The van der Waals surface area contributed by atoms with Gasteiger partial charge in [0.1, 0.15) is 11.5 Å². The summed E-state index contributed by atoms with van der Waals surface area (Å²) in [5.41, 5.74) is 4.11. The third-order valence-electron chi connectivity index (χ3n) is 9.18. The van der Waals surface area contributed by atoms with Gasteiger partial charge in [-0.1, -0.05) is 131 Å². The first kappa shape index (κ1) is 29.4. The van der Waals surface area contributed by atoms with Gasteiger partial charge in [-0.05, 0) is 78.3 Å². The van der Waals surface area contributed by atoms with Crippen LogP contribution in [0.4, 0.5) is 0 Å². The molecule has 0 amide bonds. The second-order valence-electron chi connectivity index (χ2n) is 11.7. The van der Waals surface area contributed by atoms with Crippen LogP contribution in [0.25, 0.3) is 11.1 Å². The molecular weight excluding hydrogens is 550 g/mol. The Morgan fingerprint density at radius 1 is 0.476 bits per heavy atom. The van der Waals surface area contributed by atoms with Gasteiger partial charge < -0.3 is 9.47 Å². The Morgan fingerprint density at radius 2 is 0.905 bits per heavy atom. The fourth-order valence-electron chi connectivity index (χ4n) is 7.27. The van der Waals surface area contributed by atoms with Crippen LogP contribution in [-0.2, 0) is 0 Å². The van der Waals surface area contributed by atoms with Crippen LogP contribution in [0.5, 0.6) is 11.5 Å². The summed E-state index contributed by atoms with van der Waals surface area (Å²) in [5, 5.41) is 5.60. The highest BCUT2D eigenvalue weighted by atomic mass is 31.1. The second-order valence-corrected chi connectivity index (χ2v) is 16.6. The molecule has 0 unspecified atom stereocenters.